The predicted molar refractivity (Wildman–Crippen MR) is 65.8 cm³/mol. The zero-order chi connectivity index (χ0) is 13.0. The highest BCUT2D eigenvalue weighted by Gasteiger charge is 2.47. The van der Waals surface area contributed by atoms with Gasteiger partial charge >= 0.3 is 5.97 Å². The van der Waals surface area contributed by atoms with E-state index in [4.69, 9.17) is 9.47 Å². The Morgan fingerprint density at radius 3 is 2.89 bits per heavy atom. The maximum absolute atomic E-state index is 11.8. The standard InChI is InChI=1S/C13H18N2O3/c1-15(7-11-4-3-5-14-6-11)8-13(9-18-10-13)12(16)17-2/h3-6H,7-10H2,1-2H3. The summed E-state index contributed by atoms with van der Waals surface area (Å²) < 4.78 is 10.0. The van der Waals surface area contributed by atoms with Crippen LogP contribution in [0.4, 0.5) is 0 Å². The lowest BCUT2D eigenvalue weighted by Gasteiger charge is -2.40. The molecule has 0 N–H and O–H groups in total. The molecule has 0 amide bonds. The monoisotopic (exact) mass is 250 g/mol. The van der Waals surface area contributed by atoms with Crippen LogP contribution in [0.5, 0.6) is 0 Å². The van der Waals surface area contributed by atoms with E-state index >= 15 is 0 Å². The van der Waals surface area contributed by atoms with Gasteiger partial charge in [-0.15, -0.1) is 0 Å². The Bertz CT molecular complexity index is 404. The van der Waals surface area contributed by atoms with Crippen LogP contribution in [-0.4, -0.2) is 49.8 Å². The number of aromatic nitrogens is 1. The van der Waals surface area contributed by atoms with E-state index in [0.717, 1.165) is 12.1 Å². The predicted octanol–water partition coefficient (Wildman–Crippen LogP) is 0.703. The van der Waals surface area contributed by atoms with Crippen molar-refractivity contribution in [3.05, 3.63) is 30.1 Å². The fourth-order valence-electron chi connectivity index (χ4n) is 2.21. The maximum Gasteiger partial charge on any atom is 0.317 e. The summed E-state index contributed by atoms with van der Waals surface area (Å²) in [7, 11) is 3.40. The first-order valence-electron chi connectivity index (χ1n) is 5.90. The molecule has 1 aromatic heterocycles. The minimum Gasteiger partial charge on any atom is -0.468 e. The van der Waals surface area contributed by atoms with Crippen LogP contribution in [0, 0.1) is 5.41 Å². The molecular formula is C13H18N2O3. The quantitative estimate of drug-likeness (QED) is 0.720. The van der Waals surface area contributed by atoms with Gasteiger partial charge in [0.05, 0.1) is 20.3 Å². The van der Waals surface area contributed by atoms with E-state index in [1.54, 1.807) is 6.20 Å². The number of hydrogen-bond donors (Lipinski definition) is 0. The summed E-state index contributed by atoms with van der Waals surface area (Å²) in [6.07, 6.45) is 3.58. The normalized spacial score (nSPS) is 17.3. The summed E-state index contributed by atoms with van der Waals surface area (Å²) in [6, 6.07) is 3.93. The van der Waals surface area contributed by atoms with Gasteiger partial charge in [0.1, 0.15) is 5.41 Å². The molecule has 0 radical (unpaired) electrons. The second kappa shape index (κ2) is 5.46. The van der Waals surface area contributed by atoms with Crippen molar-refractivity contribution < 1.29 is 14.3 Å². The average Bonchev–Trinajstić information content (AvgIpc) is 2.34. The van der Waals surface area contributed by atoms with Crippen molar-refractivity contribution in [2.45, 2.75) is 6.54 Å². The van der Waals surface area contributed by atoms with E-state index in [-0.39, 0.29) is 5.97 Å². The van der Waals surface area contributed by atoms with Gasteiger partial charge in [0.15, 0.2) is 0 Å². The fourth-order valence-corrected chi connectivity index (χ4v) is 2.21. The van der Waals surface area contributed by atoms with Crippen LogP contribution in [0.1, 0.15) is 5.56 Å². The molecule has 18 heavy (non-hydrogen) atoms. The summed E-state index contributed by atoms with van der Waals surface area (Å²) in [5, 5.41) is 0. The Morgan fingerprint density at radius 2 is 2.39 bits per heavy atom. The molecule has 5 heteroatoms. The van der Waals surface area contributed by atoms with Crippen LogP contribution < -0.4 is 0 Å². The van der Waals surface area contributed by atoms with Gasteiger partial charge in [0.25, 0.3) is 0 Å². The summed E-state index contributed by atoms with van der Waals surface area (Å²) in [5.41, 5.74) is 0.631. The molecule has 1 fully saturated rings. The molecule has 0 bridgehead atoms. The van der Waals surface area contributed by atoms with E-state index < -0.39 is 5.41 Å². The van der Waals surface area contributed by atoms with Gasteiger partial charge in [0, 0.05) is 25.5 Å². The van der Waals surface area contributed by atoms with Crippen molar-refractivity contribution in [2.75, 3.05) is 33.9 Å². The second-order valence-electron chi connectivity index (χ2n) is 4.80. The van der Waals surface area contributed by atoms with E-state index in [2.05, 4.69) is 9.88 Å². The molecule has 0 spiro atoms. The van der Waals surface area contributed by atoms with Crippen LogP contribution in [0.25, 0.3) is 0 Å². The smallest absolute Gasteiger partial charge is 0.317 e. The van der Waals surface area contributed by atoms with Crippen LogP contribution in [0.3, 0.4) is 0 Å². The van der Waals surface area contributed by atoms with E-state index in [1.165, 1.54) is 7.11 Å². The second-order valence-corrected chi connectivity index (χ2v) is 4.80. The van der Waals surface area contributed by atoms with E-state index in [1.807, 2.05) is 25.4 Å². The lowest BCUT2D eigenvalue weighted by atomic mass is 9.85. The van der Waals surface area contributed by atoms with E-state index in [9.17, 15) is 4.79 Å². The number of carbonyl (C=O) groups is 1. The van der Waals surface area contributed by atoms with Crippen LogP contribution in [0.15, 0.2) is 24.5 Å². The molecule has 1 aliphatic heterocycles. The number of methoxy groups -OCH3 is 1. The maximum atomic E-state index is 11.8. The summed E-state index contributed by atoms with van der Waals surface area (Å²) in [6.45, 7) is 2.27. The molecular weight excluding hydrogens is 232 g/mol. The van der Waals surface area contributed by atoms with Gasteiger partial charge in [-0.3, -0.25) is 9.78 Å². The highest BCUT2D eigenvalue weighted by atomic mass is 16.5. The Balaban J connectivity index is 1.94. The number of rotatable bonds is 5. The largest absolute Gasteiger partial charge is 0.468 e. The van der Waals surface area contributed by atoms with E-state index in [0.29, 0.717) is 19.8 Å². The molecule has 1 aromatic rings. The zero-order valence-electron chi connectivity index (χ0n) is 10.8. The molecule has 0 saturated carbocycles. The van der Waals surface area contributed by atoms with Crippen molar-refractivity contribution in [1.29, 1.82) is 0 Å². The number of carbonyl (C=O) groups excluding carboxylic acids is 1. The molecule has 2 rings (SSSR count). The van der Waals surface area contributed by atoms with Crippen molar-refractivity contribution in [1.82, 2.24) is 9.88 Å². The average molecular weight is 250 g/mol. The van der Waals surface area contributed by atoms with Gasteiger partial charge < -0.3 is 14.4 Å². The van der Waals surface area contributed by atoms with Crippen molar-refractivity contribution in [3.63, 3.8) is 0 Å². The van der Waals surface area contributed by atoms with Gasteiger partial charge in [-0.25, -0.2) is 0 Å². The first-order chi connectivity index (χ1) is 8.66. The van der Waals surface area contributed by atoms with Crippen molar-refractivity contribution in [2.24, 2.45) is 5.41 Å². The summed E-state index contributed by atoms with van der Waals surface area (Å²) in [4.78, 5) is 17.9. The first kappa shape index (κ1) is 13.0. The van der Waals surface area contributed by atoms with Crippen LogP contribution in [-0.2, 0) is 20.8 Å². The molecule has 0 unspecified atom stereocenters. The van der Waals surface area contributed by atoms with Crippen LogP contribution >= 0.6 is 0 Å². The van der Waals surface area contributed by atoms with Gasteiger partial charge in [-0.05, 0) is 18.7 Å². The highest BCUT2D eigenvalue weighted by Crippen LogP contribution is 2.30. The lowest BCUT2D eigenvalue weighted by Crippen LogP contribution is -2.55. The zero-order valence-corrected chi connectivity index (χ0v) is 10.8. The van der Waals surface area contributed by atoms with Gasteiger partial charge in [-0.1, -0.05) is 6.07 Å². The van der Waals surface area contributed by atoms with Crippen LogP contribution in [0.2, 0.25) is 0 Å². The molecule has 2 heterocycles. The fraction of sp³-hybridized carbons (Fsp3) is 0.538. The minimum atomic E-state index is -0.494. The molecule has 5 nitrogen and oxygen atoms in total. The topological polar surface area (TPSA) is 51.7 Å². The van der Waals surface area contributed by atoms with Gasteiger partial charge in [0.2, 0.25) is 0 Å². The molecule has 0 atom stereocenters. The molecule has 98 valence electrons. The summed E-state index contributed by atoms with van der Waals surface area (Å²) >= 11 is 0. The third-order valence-electron chi connectivity index (χ3n) is 3.12. The highest BCUT2D eigenvalue weighted by molar-refractivity contribution is 5.78. The Labute approximate surface area is 107 Å². The number of hydrogen-bond acceptors (Lipinski definition) is 5. The Morgan fingerprint density at radius 1 is 1.61 bits per heavy atom. The SMILES string of the molecule is COC(=O)C1(CN(C)Cc2cccnc2)COC1. The van der Waals surface area contributed by atoms with Gasteiger partial charge in [-0.2, -0.15) is 0 Å². The number of nitrogens with zero attached hydrogens (tertiary/aromatic N) is 2. The minimum absolute atomic E-state index is 0.188. The number of pyridine rings is 1. The third-order valence-corrected chi connectivity index (χ3v) is 3.12. The Hall–Kier alpha value is -1.46. The molecule has 1 saturated heterocycles. The number of ether oxygens (including phenoxy) is 2. The molecule has 1 aliphatic rings. The van der Waals surface area contributed by atoms with Crippen molar-refractivity contribution >= 4 is 5.97 Å². The van der Waals surface area contributed by atoms with Crippen molar-refractivity contribution in [3.8, 4) is 0 Å². The Kier molecular flexibility index (Phi) is 3.93. The first-order valence-corrected chi connectivity index (χ1v) is 5.90. The molecule has 0 aliphatic carbocycles. The summed E-state index contributed by atoms with van der Waals surface area (Å²) in [5.74, 6) is -0.188. The molecule has 0 aromatic carbocycles. The third kappa shape index (κ3) is 2.68. The number of esters is 1. The lowest BCUT2D eigenvalue weighted by molar-refractivity contribution is -0.186.